The van der Waals surface area contributed by atoms with Crippen molar-refractivity contribution in [2.75, 3.05) is 0 Å². The number of aromatic nitrogens is 2. The molecule has 0 atom stereocenters. The molecule has 0 fully saturated rings. The zero-order chi connectivity index (χ0) is 11.5. The van der Waals surface area contributed by atoms with Gasteiger partial charge in [0.15, 0.2) is 0 Å². The van der Waals surface area contributed by atoms with Crippen LogP contribution in [0.1, 0.15) is 37.6 Å². The molecule has 0 unspecified atom stereocenters. The molecule has 1 heterocycles. The van der Waals surface area contributed by atoms with Crippen LogP contribution < -0.4 is 0 Å². The van der Waals surface area contributed by atoms with Gasteiger partial charge in [0.2, 0.25) is 0 Å². The van der Waals surface area contributed by atoms with Crippen molar-refractivity contribution in [1.29, 1.82) is 0 Å². The molecule has 0 bridgehead atoms. The van der Waals surface area contributed by atoms with Crippen LogP contribution in [0, 0.1) is 6.92 Å². The molecule has 2 rings (SSSR count). The predicted octanol–water partition coefficient (Wildman–Crippen LogP) is 4.37. The van der Waals surface area contributed by atoms with Crippen LogP contribution in [0.5, 0.6) is 0 Å². The number of hydrogen-bond donors (Lipinski definition) is 1. The lowest BCUT2D eigenvalue weighted by Crippen LogP contribution is -1.87. The van der Waals surface area contributed by atoms with Crippen molar-refractivity contribution >= 4 is 27.0 Å². The van der Waals surface area contributed by atoms with Gasteiger partial charge < -0.3 is 4.98 Å². The lowest BCUT2D eigenvalue weighted by Gasteiger charge is -1.94. The Labute approximate surface area is 105 Å². The van der Waals surface area contributed by atoms with Gasteiger partial charge in [-0.15, -0.1) is 0 Å². The van der Waals surface area contributed by atoms with Crippen molar-refractivity contribution in [2.45, 2.75) is 39.5 Å². The molecule has 16 heavy (non-hydrogen) atoms. The van der Waals surface area contributed by atoms with Crippen molar-refractivity contribution in [3.8, 4) is 0 Å². The lowest BCUT2D eigenvalue weighted by atomic mass is 10.2. The van der Waals surface area contributed by atoms with Crippen molar-refractivity contribution < 1.29 is 0 Å². The van der Waals surface area contributed by atoms with Gasteiger partial charge >= 0.3 is 0 Å². The Morgan fingerprint density at radius 3 is 2.88 bits per heavy atom. The zero-order valence-electron chi connectivity index (χ0n) is 9.81. The van der Waals surface area contributed by atoms with E-state index >= 15 is 0 Å². The summed E-state index contributed by atoms with van der Waals surface area (Å²) in [5.74, 6) is 1.12. The first-order valence-corrected chi connectivity index (χ1v) is 6.64. The van der Waals surface area contributed by atoms with Crippen molar-refractivity contribution in [3.63, 3.8) is 0 Å². The Morgan fingerprint density at radius 1 is 1.31 bits per heavy atom. The first-order chi connectivity index (χ1) is 7.70. The van der Waals surface area contributed by atoms with Crippen molar-refractivity contribution in [2.24, 2.45) is 0 Å². The van der Waals surface area contributed by atoms with E-state index < -0.39 is 0 Å². The number of H-pyrrole nitrogens is 1. The molecule has 0 amide bonds. The molecule has 0 aliphatic heterocycles. The van der Waals surface area contributed by atoms with Gasteiger partial charge in [0.1, 0.15) is 5.82 Å². The second kappa shape index (κ2) is 5.00. The molecule has 86 valence electrons. The predicted molar refractivity (Wildman–Crippen MR) is 71.8 cm³/mol. The van der Waals surface area contributed by atoms with Gasteiger partial charge in [0, 0.05) is 10.9 Å². The Kier molecular flexibility index (Phi) is 3.64. The molecule has 0 spiro atoms. The number of aromatic amines is 1. The highest BCUT2D eigenvalue weighted by atomic mass is 79.9. The summed E-state index contributed by atoms with van der Waals surface area (Å²) in [4.78, 5) is 8.04. The van der Waals surface area contributed by atoms with Crippen molar-refractivity contribution in [1.82, 2.24) is 9.97 Å². The first-order valence-electron chi connectivity index (χ1n) is 5.85. The SMILES string of the molecule is CCCCCc1nc2c(C)cc(Br)cc2[nH]1. The highest BCUT2D eigenvalue weighted by Gasteiger charge is 2.05. The molecule has 0 saturated heterocycles. The fourth-order valence-electron chi connectivity index (χ4n) is 1.96. The van der Waals surface area contributed by atoms with E-state index in [2.05, 4.69) is 51.9 Å². The topological polar surface area (TPSA) is 28.7 Å². The number of fused-ring (bicyclic) bond motifs is 1. The van der Waals surface area contributed by atoms with E-state index in [1.165, 1.54) is 24.8 Å². The molecule has 0 aliphatic carbocycles. The van der Waals surface area contributed by atoms with Crippen LogP contribution in [0.25, 0.3) is 11.0 Å². The molecule has 1 aromatic heterocycles. The quantitative estimate of drug-likeness (QED) is 0.828. The van der Waals surface area contributed by atoms with Crippen molar-refractivity contribution in [3.05, 3.63) is 28.0 Å². The zero-order valence-corrected chi connectivity index (χ0v) is 11.4. The van der Waals surface area contributed by atoms with E-state index in [1.807, 2.05) is 0 Å². The maximum atomic E-state index is 4.65. The molecule has 1 aromatic carbocycles. The van der Waals surface area contributed by atoms with E-state index in [-0.39, 0.29) is 0 Å². The van der Waals surface area contributed by atoms with Gasteiger partial charge in [-0.3, -0.25) is 0 Å². The second-order valence-corrected chi connectivity index (χ2v) is 5.18. The van der Waals surface area contributed by atoms with Crippen LogP contribution in [-0.2, 0) is 6.42 Å². The van der Waals surface area contributed by atoms with Crippen LogP contribution in [0.3, 0.4) is 0 Å². The Bertz CT molecular complexity index is 488. The molecule has 2 aromatic rings. The third kappa shape index (κ3) is 2.46. The van der Waals surface area contributed by atoms with Gasteiger partial charge in [-0.1, -0.05) is 35.7 Å². The Morgan fingerprint density at radius 2 is 2.12 bits per heavy atom. The Hall–Kier alpha value is -0.830. The van der Waals surface area contributed by atoms with Gasteiger partial charge in [-0.05, 0) is 31.0 Å². The van der Waals surface area contributed by atoms with Crippen LogP contribution in [0.2, 0.25) is 0 Å². The number of nitrogens with one attached hydrogen (secondary N) is 1. The average molecular weight is 281 g/mol. The summed E-state index contributed by atoms with van der Waals surface area (Å²) >= 11 is 3.51. The van der Waals surface area contributed by atoms with Crippen LogP contribution in [0.15, 0.2) is 16.6 Å². The summed E-state index contributed by atoms with van der Waals surface area (Å²) < 4.78 is 1.11. The largest absolute Gasteiger partial charge is 0.342 e. The van der Waals surface area contributed by atoms with Gasteiger partial charge in [0.05, 0.1) is 11.0 Å². The molecule has 1 N–H and O–H groups in total. The fraction of sp³-hybridized carbons (Fsp3) is 0.462. The van der Waals surface area contributed by atoms with E-state index in [9.17, 15) is 0 Å². The van der Waals surface area contributed by atoms with Crippen LogP contribution in [-0.4, -0.2) is 9.97 Å². The molecule has 3 heteroatoms. The first kappa shape index (κ1) is 11.6. The number of nitrogens with zero attached hydrogens (tertiary/aromatic N) is 1. The summed E-state index contributed by atoms with van der Waals surface area (Å²) in [6, 6.07) is 4.21. The van der Waals surface area contributed by atoms with Crippen LogP contribution >= 0.6 is 15.9 Å². The van der Waals surface area contributed by atoms with E-state index in [0.29, 0.717) is 0 Å². The minimum atomic E-state index is 1.06. The molecule has 0 saturated carbocycles. The number of unbranched alkanes of at least 4 members (excludes halogenated alkanes) is 2. The number of rotatable bonds is 4. The highest BCUT2D eigenvalue weighted by Crippen LogP contribution is 2.22. The normalized spacial score (nSPS) is 11.2. The molecule has 2 nitrogen and oxygen atoms in total. The van der Waals surface area contributed by atoms with Gasteiger partial charge in [-0.25, -0.2) is 4.98 Å². The number of imidazole rings is 1. The average Bonchev–Trinajstić information content (AvgIpc) is 2.61. The van der Waals surface area contributed by atoms with E-state index in [1.54, 1.807) is 0 Å². The fourth-order valence-corrected chi connectivity index (χ4v) is 2.53. The molecular weight excluding hydrogens is 264 g/mol. The molecular formula is C13H17BrN2. The Balaban J connectivity index is 2.26. The number of halogens is 1. The number of hydrogen-bond acceptors (Lipinski definition) is 1. The standard InChI is InChI=1S/C13H17BrN2/c1-3-4-5-6-12-15-11-8-10(14)7-9(2)13(11)16-12/h7-8H,3-6H2,1-2H3,(H,15,16). The molecule has 0 radical (unpaired) electrons. The monoisotopic (exact) mass is 280 g/mol. The summed E-state index contributed by atoms with van der Waals surface area (Å²) in [6.07, 6.45) is 4.81. The minimum Gasteiger partial charge on any atom is -0.342 e. The minimum absolute atomic E-state index is 1.06. The summed E-state index contributed by atoms with van der Waals surface area (Å²) in [7, 11) is 0. The third-order valence-electron chi connectivity index (χ3n) is 2.81. The number of benzene rings is 1. The smallest absolute Gasteiger partial charge is 0.107 e. The maximum absolute atomic E-state index is 4.65. The summed E-state index contributed by atoms with van der Waals surface area (Å²) in [5, 5.41) is 0. The lowest BCUT2D eigenvalue weighted by molar-refractivity contribution is 0.700. The number of aryl methyl sites for hydroxylation is 2. The molecule has 0 aliphatic rings. The summed E-state index contributed by atoms with van der Waals surface area (Å²) in [5.41, 5.74) is 3.47. The van der Waals surface area contributed by atoms with E-state index in [4.69, 9.17) is 0 Å². The third-order valence-corrected chi connectivity index (χ3v) is 3.27. The van der Waals surface area contributed by atoms with Gasteiger partial charge in [-0.2, -0.15) is 0 Å². The summed E-state index contributed by atoms with van der Waals surface area (Å²) in [6.45, 7) is 4.32. The van der Waals surface area contributed by atoms with Gasteiger partial charge in [0.25, 0.3) is 0 Å². The van der Waals surface area contributed by atoms with Crippen LogP contribution in [0.4, 0.5) is 0 Å². The maximum Gasteiger partial charge on any atom is 0.107 e. The highest BCUT2D eigenvalue weighted by molar-refractivity contribution is 9.10. The second-order valence-electron chi connectivity index (χ2n) is 4.26. The van der Waals surface area contributed by atoms with E-state index in [0.717, 1.165) is 27.8 Å².